The van der Waals surface area contributed by atoms with Crippen molar-refractivity contribution >= 4 is 34.9 Å². The molecule has 4 heterocycles. The summed E-state index contributed by atoms with van der Waals surface area (Å²) in [4.78, 5) is 47.8. The molecule has 0 spiro atoms. The van der Waals surface area contributed by atoms with Crippen molar-refractivity contribution in [3.8, 4) is 17.4 Å². The number of halogens is 1. The maximum Gasteiger partial charge on any atom is 0.255 e. The zero-order valence-corrected chi connectivity index (χ0v) is 20.5. The van der Waals surface area contributed by atoms with Crippen molar-refractivity contribution in [2.75, 3.05) is 16.8 Å². The molecule has 1 aromatic carbocycles. The van der Waals surface area contributed by atoms with E-state index < -0.39 is 5.92 Å². The molecule has 188 valence electrons. The standard InChI is InChI=1S/C26H23ClN6O4/c27-16-7-9-17(10-8-16)32-14-15(12-23(32)34)24(35)29-22-13-20(21-6-3-11-37-21)31-33(22)26-28-19-5-2-1-4-18(19)25(36)30-26/h3,6-11,13,15H,1-2,4-5,12,14H2,(H,29,35)(H,28,30,36). The summed E-state index contributed by atoms with van der Waals surface area (Å²) in [6.45, 7) is 0.236. The lowest BCUT2D eigenvalue weighted by atomic mass is 9.97. The van der Waals surface area contributed by atoms with Gasteiger partial charge in [-0.1, -0.05) is 11.6 Å². The topological polar surface area (TPSA) is 126 Å². The number of aromatic nitrogens is 4. The van der Waals surface area contributed by atoms with E-state index in [9.17, 15) is 14.4 Å². The summed E-state index contributed by atoms with van der Waals surface area (Å²) in [6, 6.07) is 12.1. The van der Waals surface area contributed by atoms with Crippen LogP contribution < -0.4 is 15.8 Å². The number of hydrogen-bond donors (Lipinski definition) is 2. The first kappa shape index (κ1) is 23.2. The second-order valence-corrected chi connectivity index (χ2v) is 9.63. The lowest BCUT2D eigenvalue weighted by Gasteiger charge is -2.17. The molecule has 1 aliphatic carbocycles. The summed E-state index contributed by atoms with van der Waals surface area (Å²) in [7, 11) is 0. The second kappa shape index (κ2) is 9.36. The fraction of sp³-hybridized carbons (Fsp3) is 0.269. The maximum absolute atomic E-state index is 13.3. The Hall–Kier alpha value is -4.18. The molecule has 37 heavy (non-hydrogen) atoms. The fourth-order valence-corrected chi connectivity index (χ4v) is 4.97. The van der Waals surface area contributed by atoms with Crippen LogP contribution in [0, 0.1) is 5.92 Å². The minimum absolute atomic E-state index is 0.0710. The molecule has 0 radical (unpaired) electrons. The first-order chi connectivity index (χ1) is 18.0. The number of anilines is 2. The molecule has 1 saturated heterocycles. The molecule has 11 heteroatoms. The summed E-state index contributed by atoms with van der Waals surface area (Å²) in [5.74, 6) is -0.0319. The molecule has 3 aromatic heterocycles. The number of amides is 2. The van der Waals surface area contributed by atoms with Crippen molar-refractivity contribution in [2.45, 2.75) is 32.1 Å². The van der Waals surface area contributed by atoms with Crippen molar-refractivity contribution in [3.05, 3.63) is 75.4 Å². The number of rotatable bonds is 5. The summed E-state index contributed by atoms with van der Waals surface area (Å²) < 4.78 is 6.89. The zero-order chi connectivity index (χ0) is 25.5. The zero-order valence-electron chi connectivity index (χ0n) is 19.7. The van der Waals surface area contributed by atoms with E-state index in [0.717, 1.165) is 18.5 Å². The fourth-order valence-electron chi connectivity index (χ4n) is 4.85. The molecule has 0 saturated carbocycles. The molecule has 4 aromatic rings. The number of benzene rings is 1. The van der Waals surface area contributed by atoms with E-state index in [-0.39, 0.29) is 36.3 Å². The Bertz CT molecular complexity index is 1540. The lowest BCUT2D eigenvalue weighted by molar-refractivity contribution is -0.122. The number of carbonyl (C=O) groups is 2. The summed E-state index contributed by atoms with van der Waals surface area (Å²) in [6.07, 6.45) is 4.92. The quantitative estimate of drug-likeness (QED) is 0.414. The van der Waals surface area contributed by atoms with E-state index in [1.54, 1.807) is 47.4 Å². The molecule has 2 N–H and O–H groups in total. The van der Waals surface area contributed by atoms with Gasteiger partial charge >= 0.3 is 0 Å². The Morgan fingerprint density at radius 2 is 1.95 bits per heavy atom. The molecule has 1 aliphatic heterocycles. The normalized spacial score (nSPS) is 17.2. The van der Waals surface area contributed by atoms with Gasteiger partial charge in [0, 0.05) is 35.3 Å². The first-order valence-electron chi connectivity index (χ1n) is 12.1. The van der Waals surface area contributed by atoms with Gasteiger partial charge in [-0.05, 0) is 62.1 Å². The summed E-state index contributed by atoms with van der Waals surface area (Å²) >= 11 is 5.97. The van der Waals surface area contributed by atoms with Crippen LogP contribution in [-0.4, -0.2) is 38.1 Å². The van der Waals surface area contributed by atoms with Crippen LogP contribution in [0.1, 0.15) is 30.5 Å². The van der Waals surface area contributed by atoms with Gasteiger partial charge in [0.1, 0.15) is 11.5 Å². The first-order valence-corrected chi connectivity index (χ1v) is 12.5. The minimum Gasteiger partial charge on any atom is -0.463 e. The van der Waals surface area contributed by atoms with Gasteiger partial charge in [-0.25, -0.2) is 4.98 Å². The van der Waals surface area contributed by atoms with Crippen LogP contribution >= 0.6 is 11.6 Å². The Morgan fingerprint density at radius 3 is 2.73 bits per heavy atom. The van der Waals surface area contributed by atoms with E-state index in [1.807, 2.05) is 0 Å². The highest BCUT2D eigenvalue weighted by atomic mass is 35.5. The van der Waals surface area contributed by atoms with Crippen molar-refractivity contribution in [3.63, 3.8) is 0 Å². The predicted molar refractivity (Wildman–Crippen MR) is 137 cm³/mol. The number of fused-ring (bicyclic) bond motifs is 1. The Labute approximate surface area is 216 Å². The van der Waals surface area contributed by atoms with Gasteiger partial charge in [-0.2, -0.15) is 9.78 Å². The Balaban J connectivity index is 1.31. The number of nitrogens with zero attached hydrogens (tertiary/aromatic N) is 4. The SMILES string of the molecule is O=C(Nc1cc(-c2ccco2)nn1-c1nc2c(c(=O)[nH]1)CCCC2)C1CC(=O)N(c2ccc(Cl)cc2)C1. The number of carbonyl (C=O) groups excluding carboxylic acids is 2. The van der Waals surface area contributed by atoms with Crippen molar-refractivity contribution in [1.82, 2.24) is 19.7 Å². The lowest BCUT2D eigenvalue weighted by Crippen LogP contribution is -2.29. The van der Waals surface area contributed by atoms with Gasteiger partial charge in [-0.3, -0.25) is 19.4 Å². The van der Waals surface area contributed by atoms with Crippen LogP contribution in [0.2, 0.25) is 5.02 Å². The molecular formula is C26H23ClN6O4. The molecule has 6 rings (SSSR count). The summed E-state index contributed by atoms with van der Waals surface area (Å²) in [5.41, 5.74) is 2.40. The van der Waals surface area contributed by atoms with E-state index >= 15 is 0 Å². The third-order valence-corrected chi connectivity index (χ3v) is 7.00. The number of furan rings is 1. The molecule has 2 amide bonds. The van der Waals surface area contributed by atoms with E-state index in [2.05, 4.69) is 20.4 Å². The van der Waals surface area contributed by atoms with Gasteiger partial charge in [0.15, 0.2) is 5.76 Å². The van der Waals surface area contributed by atoms with Gasteiger partial charge < -0.3 is 14.6 Å². The molecular weight excluding hydrogens is 496 g/mol. The third-order valence-electron chi connectivity index (χ3n) is 6.75. The molecule has 1 fully saturated rings. The van der Waals surface area contributed by atoms with Gasteiger partial charge in [0.2, 0.25) is 17.8 Å². The average molecular weight is 519 g/mol. The monoisotopic (exact) mass is 518 g/mol. The van der Waals surface area contributed by atoms with E-state index in [1.165, 1.54) is 10.9 Å². The van der Waals surface area contributed by atoms with Crippen LogP contribution in [-0.2, 0) is 22.4 Å². The number of H-pyrrole nitrogens is 1. The number of aromatic amines is 1. The maximum atomic E-state index is 13.3. The highest BCUT2D eigenvalue weighted by Crippen LogP contribution is 2.29. The molecule has 0 bridgehead atoms. The van der Waals surface area contributed by atoms with Gasteiger partial charge in [0.25, 0.3) is 5.56 Å². The highest BCUT2D eigenvalue weighted by molar-refractivity contribution is 6.30. The largest absolute Gasteiger partial charge is 0.463 e. The smallest absolute Gasteiger partial charge is 0.255 e. The molecule has 10 nitrogen and oxygen atoms in total. The number of hydrogen-bond acceptors (Lipinski definition) is 6. The van der Waals surface area contributed by atoms with Crippen LogP contribution in [0.15, 0.2) is 57.9 Å². The second-order valence-electron chi connectivity index (χ2n) is 9.20. The van der Waals surface area contributed by atoms with Crippen LogP contribution in [0.3, 0.4) is 0 Å². The van der Waals surface area contributed by atoms with Crippen LogP contribution in [0.5, 0.6) is 0 Å². The molecule has 1 unspecified atom stereocenters. The predicted octanol–water partition coefficient (Wildman–Crippen LogP) is 3.74. The molecule has 1 atom stereocenters. The van der Waals surface area contributed by atoms with Crippen LogP contribution in [0.25, 0.3) is 17.4 Å². The number of nitrogens with one attached hydrogen (secondary N) is 2. The minimum atomic E-state index is -0.575. The number of aryl methyl sites for hydroxylation is 1. The van der Waals surface area contributed by atoms with Crippen LogP contribution in [0.4, 0.5) is 11.5 Å². The van der Waals surface area contributed by atoms with Crippen molar-refractivity contribution in [1.29, 1.82) is 0 Å². The summed E-state index contributed by atoms with van der Waals surface area (Å²) in [5, 5.41) is 8.03. The highest BCUT2D eigenvalue weighted by Gasteiger charge is 2.36. The van der Waals surface area contributed by atoms with E-state index in [4.69, 9.17) is 16.0 Å². The van der Waals surface area contributed by atoms with Crippen molar-refractivity contribution < 1.29 is 14.0 Å². The van der Waals surface area contributed by atoms with Gasteiger partial charge in [0.05, 0.1) is 17.9 Å². The van der Waals surface area contributed by atoms with Crippen molar-refractivity contribution in [2.24, 2.45) is 5.92 Å². The Kier molecular flexibility index (Phi) is 5.88. The van der Waals surface area contributed by atoms with Gasteiger partial charge in [-0.15, -0.1) is 0 Å². The molecule has 2 aliphatic rings. The Morgan fingerprint density at radius 1 is 1.14 bits per heavy atom. The average Bonchev–Trinajstić information content (AvgIpc) is 3.65. The third kappa shape index (κ3) is 4.44. The van der Waals surface area contributed by atoms with E-state index in [0.29, 0.717) is 46.4 Å².